The van der Waals surface area contributed by atoms with Crippen molar-refractivity contribution in [1.29, 1.82) is 0 Å². The van der Waals surface area contributed by atoms with Crippen molar-refractivity contribution in [3.8, 4) is 0 Å². The number of hydrogen-bond donors (Lipinski definition) is 1. The van der Waals surface area contributed by atoms with Crippen LogP contribution in [0.4, 0.5) is 0 Å². The molecule has 1 rings (SSSR count). The summed E-state index contributed by atoms with van der Waals surface area (Å²) in [5, 5.41) is 3.70. The minimum Gasteiger partial charge on any atom is -0.350 e. The Labute approximate surface area is 94.7 Å². The number of aromatic nitrogens is 1. The van der Waals surface area contributed by atoms with Crippen molar-refractivity contribution >= 4 is 17.7 Å². The van der Waals surface area contributed by atoms with Gasteiger partial charge in [-0.1, -0.05) is 6.92 Å². The molecule has 1 atom stereocenters. The molecule has 0 aliphatic heterocycles. The summed E-state index contributed by atoms with van der Waals surface area (Å²) in [5.41, 5.74) is 0.658. The predicted octanol–water partition coefficient (Wildman–Crippen LogP) is 2.33. The maximum absolute atomic E-state index is 11.8. The Morgan fingerprint density at radius 1 is 1.67 bits per heavy atom. The summed E-state index contributed by atoms with van der Waals surface area (Å²) >= 11 is 1.49. The molecule has 4 heteroatoms. The van der Waals surface area contributed by atoms with E-state index in [0.717, 1.165) is 11.4 Å². The van der Waals surface area contributed by atoms with Gasteiger partial charge < -0.3 is 5.32 Å². The van der Waals surface area contributed by atoms with Gasteiger partial charge in [-0.05, 0) is 31.7 Å². The van der Waals surface area contributed by atoms with Gasteiger partial charge in [-0.15, -0.1) is 11.8 Å². The number of carbonyl (C=O) groups excluding carboxylic acids is 1. The monoisotopic (exact) mass is 224 g/mol. The first kappa shape index (κ1) is 12.0. The van der Waals surface area contributed by atoms with Crippen molar-refractivity contribution in [3.05, 3.63) is 23.9 Å². The molecule has 1 heterocycles. The molecule has 82 valence electrons. The van der Waals surface area contributed by atoms with Crippen LogP contribution < -0.4 is 5.32 Å². The van der Waals surface area contributed by atoms with Gasteiger partial charge in [0.05, 0.1) is 5.56 Å². The third kappa shape index (κ3) is 3.23. The highest BCUT2D eigenvalue weighted by atomic mass is 32.2. The largest absolute Gasteiger partial charge is 0.350 e. The second kappa shape index (κ2) is 5.75. The summed E-state index contributed by atoms with van der Waals surface area (Å²) in [6.45, 7) is 4.04. The molecule has 0 saturated carbocycles. The van der Waals surface area contributed by atoms with Gasteiger partial charge in [0.1, 0.15) is 5.03 Å². The van der Waals surface area contributed by atoms with Crippen molar-refractivity contribution in [2.24, 2.45) is 0 Å². The molecule has 0 radical (unpaired) electrons. The second-order valence-corrected chi connectivity index (χ2v) is 4.14. The lowest BCUT2D eigenvalue weighted by Crippen LogP contribution is -2.32. The van der Waals surface area contributed by atoms with Crippen LogP contribution in [0, 0.1) is 0 Å². The van der Waals surface area contributed by atoms with Crippen LogP contribution in [0.5, 0.6) is 0 Å². The van der Waals surface area contributed by atoms with E-state index in [2.05, 4.69) is 10.3 Å². The van der Waals surface area contributed by atoms with Crippen LogP contribution in [0.2, 0.25) is 0 Å². The van der Waals surface area contributed by atoms with Gasteiger partial charge >= 0.3 is 0 Å². The van der Waals surface area contributed by atoms with Crippen molar-refractivity contribution < 1.29 is 4.79 Å². The van der Waals surface area contributed by atoms with Gasteiger partial charge in [0.2, 0.25) is 0 Å². The Balaban J connectivity index is 2.81. The van der Waals surface area contributed by atoms with Crippen molar-refractivity contribution in [3.63, 3.8) is 0 Å². The molecule has 1 amide bonds. The molecule has 15 heavy (non-hydrogen) atoms. The summed E-state index contributed by atoms with van der Waals surface area (Å²) in [4.78, 5) is 16.0. The highest BCUT2D eigenvalue weighted by molar-refractivity contribution is 7.98. The Morgan fingerprint density at radius 2 is 2.40 bits per heavy atom. The Bertz CT molecular complexity index is 341. The number of nitrogens with zero attached hydrogens (tertiary/aromatic N) is 1. The van der Waals surface area contributed by atoms with E-state index in [9.17, 15) is 4.79 Å². The molecule has 1 aromatic rings. The zero-order valence-corrected chi connectivity index (χ0v) is 10.1. The normalized spacial score (nSPS) is 12.2. The van der Waals surface area contributed by atoms with Gasteiger partial charge in [0.15, 0.2) is 0 Å². The van der Waals surface area contributed by atoms with Crippen LogP contribution in [-0.2, 0) is 0 Å². The minimum absolute atomic E-state index is 0.0400. The molecule has 0 aromatic carbocycles. The number of pyridine rings is 1. The molecule has 0 aliphatic carbocycles. The molecule has 0 saturated heterocycles. The fraction of sp³-hybridized carbons (Fsp3) is 0.455. The molecular weight excluding hydrogens is 208 g/mol. The van der Waals surface area contributed by atoms with E-state index in [1.807, 2.05) is 20.1 Å². The highest BCUT2D eigenvalue weighted by Crippen LogP contribution is 2.16. The lowest BCUT2D eigenvalue weighted by molar-refractivity contribution is 0.0935. The van der Waals surface area contributed by atoms with E-state index in [0.29, 0.717) is 5.56 Å². The number of carbonyl (C=O) groups is 1. The standard InChI is InChI=1S/C11H16N2OS/c1-4-8(2)13-10(14)9-6-5-7-12-11(9)15-3/h5-8H,4H2,1-3H3,(H,13,14). The summed E-state index contributed by atoms with van der Waals surface area (Å²) in [6, 6.07) is 3.79. The van der Waals surface area contributed by atoms with Gasteiger partial charge in [-0.3, -0.25) is 4.79 Å². The topological polar surface area (TPSA) is 42.0 Å². The van der Waals surface area contributed by atoms with Gasteiger partial charge in [0.25, 0.3) is 5.91 Å². The first-order chi connectivity index (χ1) is 7.19. The smallest absolute Gasteiger partial charge is 0.254 e. The van der Waals surface area contributed by atoms with E-state index >= 15 is 0 Å². The summed E-state index contributed by atoms with van der Waals surface area (Å²) in [7, 11) is 0. The quantitative estimate of drug-likeness (QED) is 0.798. The van der Waals surface area contributed by atoms with Gasteiger partial charge in [0, 0.05) is 12.2 Å². The number of hydrogen-bond acceptors (Lipinski definition) is 3. The summed E-state index contributed by atoms with van der Waals surface area (Å²) < 4.78 is 0. The van der Waals surface area contributed by atoms with E-state index in [1.54, 1.807) is 18.3 Å². The zero-order chi connectivity index (χ0) is 11.3. The third-order valence-corrected chi connectivity index (χ3v) is 2.91. The van der Waals surface area contributed by atoms with Crippen molar-refractivity contribution in [2.45, 2.75) is 31.3 Å². The maximum Gasteiger partial charge on any atom is 0.254 e. The van der Waals surface area contributed by atoms with Crippen LogP contribution >= 0.6 is 11.8 Å². The van der Waals surface area contributed by atoms with Crippen LogP contribution in [0.1, 0.15) is 30.6 Å². The first-order valence-corrected chi connectivity index (χ1v) is 6.21. The summed E-state index contributed by atoms with van der Waals surface area (Å²) in [6.07, 6.45) is 4.55. The predicted molar refractivity (Wildman–Crippen MR) is 63.2 cm³/mol. The van der Waals surface area contributed by atoms with E-state index < -0.39 is 0 Å². The average Bonchev–Trinajstić information content (AvgIpc) is 2.28. The summed E-state index contributed by atoms with van der Waals surface area (Å²) in [5.74, 6) is -0.0400. The van der Waals surface area contributed by atoms with Crippen molar-refractivity contribution in [2.75, 3.05) is 6.26 Å². The molecule has 0 spiro atoms. The zero-order valence-electron chi connectivity index (χ0n) is 9.28. The van der Waals surface area contributed by atoms with Gasteiger partial charge in [-0.2, -0.15) is 0 Å². The van der Waals surface area contributed by atoms with E-state index in [1.165, 1.54) is 11.8 Å². The molecule has 0 bridgehead atoms. The molecule has 0 fully saturated rings. The van der Waals surface area contributed by atoms with Crippen LogP contribution in [-0.4, -0.2) is 23.2 Å². The second-order valence-electron chi connectivity index (χ2n) is 3.34. The maximum atomic E-state index is 11.8. The minimum atomic E-state index is -0.0400. The van der Waals surface area contributed by atoms with E-state index in [-0.39, 0.29) is 11.9 Å². The SMILES string of the molecule is CCC(C)NC(=O)c1cccnc1SC. The van der Waals surface area contributed by atoms with Crippen LogP contribution in [0.3, 0.4) is 0 Å². The molecule has 1 aromatic heterocycles. The molecule has 1 N–H and O–H groups in total. The third-order valence-electron chi connectivity index (χ3n) is 2.20. The Hall–Kier alpha value is -1.03. The highest BCUT2D eigenvalue weighted by Gasteiger charge is 2.12. The van der Waals surface area contributed by atoms with Crippen molar-refractivity contribution in [1.82, 2.24) is 10.3 Å². The number of rotatable bonds is 4. The molecular formula is C11H16N2OS. The molecule has 0 aliphatic rings. The number of amides is 1. The lowest BCUT2D eigenvalue weighted by atomic mass is 10.2. The number of thioether (sulfide) groups is 1. The van der Waals surface area contributed by atoms with Crippen LogP contribution in [0.15, 0.2) is 23.4 Å². The number of nitrogens with one attached hydrogen (secondary N) is 1. The first-order valence-electron chi connectivity index (χ1n) is 4.99. The fourth-order valence-electron chi connectivity index (χ4n) is 1.13. The average molecular weight is 224 g/mol. The van der Waals surface area contributed by atoms with E-state index in [4.69, 9.17) is 0 Å². The molecule has 3 nitrogen and oxygen atoms in total. The van der Waals surface area contributed by atoms with Gasteiger partial charge in [-0.25, -0.2) is 4.98 Å². The molecule has 1 unspecified atom stereocenters. The Kier molecular flexibility index (Phi) is 4.62. The Morgan fingerprint density at radius 3 is 3.00 bits per heavy atom. The van der Waals surface area contributed by atoms with Crippen LogP contribution in [0.25, 0.3) is 0 Å². The lowest BCUT2D eigenvalue weighted by Gasteiger charge is -2.12. The fourth-order valence-corrected chi connectivity index (χ4v) is 1.68.